The number of methoxy groups -OCH3 is 1. The molecule has 0 aromatic heterocycles. The van der Waals surface area contributed by atoms with Gasteiger partial charge in [-0.1, -0.05) is 6.07 Å². The Hall–Kier alpha value is -1.11. The summed E-state index contributed by atoms with van der Waals surface area (Å²) in [4.78, 5) is 0.0272. The first-order valence-corrected chi connectivity index (χ1v) is 6.35. The molecule has 0 saturated carbocycles. The maximum atomic E-state index is 11.4. The Bertz CT molecular complexity index is 494. The first-order valence-electron chi connectivity index (χ1n) is 4.81. The number of rotatable bonds is 3. The van der Waals surface area contributed by atoms with Crippen LogP contribution in [0, 0.1) is 0 Å². The van der Waals surface area contributed by atoms with Crippen molar-refractivity contribution in [2.24, 2.45) is 5.14 Å². The summed E-state index contributed by atoms with van der Waals surface area (Å²) in [5.74, 6) is 0.526. The number of primary sulfonamides is 1. The fourth-order valence-corrected chi connectivity index (χ4v) is 2.33. The standard InChI is InChI=1S/C10H13NO4S/c1-14-9-3-2-7(8-5-15-6-8)4-10(9)16(11,12)13/h2-4,8H,5-6H2,1H3,(H2,11,12,13). The molecular formula is C10H13NO4S. The van der Waals surface area contributed by atoms with Crippen LogP contribution in [-0.4, -0.2) is 28.7 Å². The van der Waals surface area contributed by atoms with Gasteiger partial charge < -0.3 is 9.47 Å². The Balaban J connectivity index is 2.46. The summed E-state index contributed by atoms with van der Waals surface area (Å²) in [6.07, 6.45) is 0. The van der Waals surface area contributed by atoms with E-state index in [1.165, 1.54) is 7.11 Å². The second kappa shape index (κ2) is 4.04. The lowest BCUT2D eigenvalue weighted by molar-refractivity contribution is 0.00831. The molecule has 16 heavy (non-hydrogen) atoms. The van der Waals surface area contributed by atoms with Crippen LogP contribution in [0.25, 0.3) is 0 Å². The van der Waals surface area contributed by atoms with Crippen molar-refractivity contribution in [1.82, 2.24) is 0 Å². The molecule has 1 saturated heterocycles. The molecule has 1 fully saturated rings. The molecule has 1 aliphatic rings. The number of hydrogen-bond donors (Lipinski definition) is 1. The van der Waals surface area contributed by atoms with Crippen molar-refractivity contribution in [3.8, 4) is 5.75 Å². The topological polar surface area (TPSA) is 78.6 Å². The summed E-state index contributed by atoms with van der Waals surface area (Å²) in [7, 11) is -2.34. The maximum absolute atomic E-state index is 11.4. The van der Waals surface area contributed by atoms with E-state index in [-0.39, 0.29) is 16.6 Å². The maximum Gasteiger partial charge on any atom is 0.241 e. The Kier molecular flexibility index (Phi) is 2.88. The van der Waals surface area contributed by atoms with Gasteiger partial charge in [0, 0.05) is 5.92 Å². The third-order valence-corrected chi connectivity index (χ3v) is 3.54. The van der Waals surface area contributed by atoms with Gasteiger partial charge in [-0.25, -0.2) is 13.6 Å². The van der Waals surface area contributed by atoms with Crippen LogP contribution in [0.3, 0.4) is 0 Å². The molecule has 1 aromatic carbocycles. The molecule has 2 rings (SSSR count). The summed E-state index contributed by atoms with van der Waals surface area (Å²) in [5.41, 5.74) is 0.913. The number of hydrogen-bond acceptors (Lipinski definition) is 4. The van der Waals surface area contributed by atoms with E-state index in [0.29, 0.717) is 13.2 Å². The molecule has 6 heteroatoms. The monoisotopic (exact) mass is 243 g/mol. The molecule has 0 unspecified atom stereocenters. The van der Waals surface area contributed by atoms with Crippen molar-refractivity contribution in [3.63, 3.8) is 0 Å². The van der Waals surface area contributed by atoms with E-state index in [0.717, 1.165) is 5.56 Å². The van der Waals surface area contributed by atoms with E-state index >= 15 is 0 Å². The summed E-state index contributed by atoms with van der Waals surface area (Å²) in [6.45, 7) is 1.24. The van der Waals surface area contributed by atoms with Crippen molar-refractivity contribution < 1.29 is 17.9 Å². The molecule has 0 bridgehead atoms. The van der Waals surface area contributed by atoms with Crippen LogP contribution in [0.5, 0.6) is 5.75 Å². The smallest absolute Gasteiger partial charge is 0.241 e. The zero-order valence-electron chi connectivity index (χ0n) is 8.84. The van der Waals surface area contributed by atoms with Crippen molar-refractivity contribution >= 4 is 10.0 Å². The van der Waals surface area contributed by atoms with Crippen molar-refractivity contribution in [2.45, 2.75) is 10.8 Å². The Morgan fingerprint density at radius 1 is 1.44 bits per heavy atom. The molecule has 0 aliphatic carbocycles. The zero-order chi connectivity index (χ0) is 11.8. The second-order valence-electron chi connectivity index (χ2n) is 3.69. The van der Waals surface area contributed by atoms with Crippen molar-refractivity contribution in [1.29, 1.82) is 0 Å². The van der Waals surface area contributed by atoms with Gasteiger partial charge in [-0.2, -0.15) is 0 Å². The average molecular weight is 243 g/mol. The van der Waals surface area contributed by atoms with E-state index in [1.807, 2.05) is 6.07 Å². The molecule has 0 amide bonds. The summed E-state index contributed by atoms with van der Waals surface area (Å²) < 4.78 is 32.7. The first-order chi connectivity index (χ1) is 7.52. The predicted molar refractivity (Wildman–Crippen MR) is 57.9 cm³/mol. The van der Waals surface area contributed by atoms with Gasteiger partial charge in [0.2, 0.25) is 10.0 Å². The normalized spacial score (nSPS) is 16.9. The van der Waals surface area contributed by atoms with Gasteiger partial charge in [-0.3, -0.25) is 0 Å². The summed E-state index contributed by atoms with van der Waals surface area (Å²) >= 11 is 0. The summed E-state index contributed by atoms with van der Waals surface area (Å²) in [5, 5.41) is 5.12. The largest absolute Gasteiger partial charge is 0.495 e. The molecule has 1 heterocycles. The lowest BCUT2D eigenvalue weighted by Crippen LogP contribution is -2.25. The number of ether oxygens (including phenoxy) is 2. The molecule has 0 atom stereocenters. The van der Waals surface area contributed by atoms with E-state index in [1.54, 1.807) is 12.1 Å². The summed E-state index contributed by atoms with van der Waals surface area (Å²) in [6, 6.07) is 5.01. The van der Waals surface area contributed by atoms with E-state index in [9.17, 15) is 8.42 Å². The fraction of sp³-hybridized carbons (Fsp3) is 0.400. The highest BCUT2D eigenvalue weighted by Crippen LogP contribution is 2.30. The third-order valence-electron chi connectivity index (χ3n) is 2.60. The average Bonchev–Trinajstić information content (AvgIpc) is 2.13. The van der Waals surface area contributed by atoms with Gasteiger partial charge in [0.15, 0.2) is 0 Å². The fourth-order valence-electron chi connectivity index (χ4n) is 1.60. The SMILES string of the molecule is COc1ccc(C2COC2)cc1S(N)(=O)=O. The lowest BCUT2D eigenvalue weighted by Gasteiger charge is -2.26. The van der Waals surface area contributed by atoms with Crippen LogP contribution in [0.4, 0.5) is 0 Å². The molecule has 1 aromatic rings. The van der Waals surface area contributed by atoms with Crippen LogP contribution < -0.4 is 9.88 Å². The number of nitrogens with two attached hydrogens (primary N) is 1. The first kappa shape index (κ1) is 11.4. The number of sulfonamides is 1. The molecule has 88 valence electrons. The van der Waals surface area contributed by atoms with Gasteiger partial charge in [0.1, 0.15) is 10.6 Å². The zero-order valence-corrected chi connectivity index (χ0v) is 9.66. The highest BCUT2D eigenvalue weighted by Gasteiger charge is 2.23. The van der Waals surface area contributed by atoms with Crippen LogP contribution >= 0.6 is 0 Å². The minimum absolute atomic E-state index is 0.0272. The molecule has 1 aliphatic heterocycles. The van der Waals surface area contributed by atoms with E-state index in [2.05, 4.69) is 0 Å². The van der Waals surface area contributed by atoms with Gasteiger partial charge in [0.25, 0.3) is 0 Å². The Morgan fingerprint density at radius 2 is 2.12 bits per heavy atom. The Labute approximate surface area is 94.2 Å². The molecule has 2 N–H and O–H groups in total. The third kappa shape index (κ3) is 2.04. The van der Waals surface area contributed by atoms with Gasteiger partial charge in [-0.05, 0) is 17.7 Å². The number of benzene rings is 1. The predicted octanol–water partition coefficient (Wildman–Crippen LogP) is 0.456. The lowest BCUT2D eigenvalue weighted by atomic mass is 9.98. The van der Waals surface area contributed by atoms with E-state index in [4.69, 9.17) is 14.6 Å². The van der Waals surface area contributed by atoms with Gasteiger partial charge >= 0.3 is 0 Å². The van der Waals surface area contributed by atoms with Gasteiger partial charge in [0.05, 0.1) is 20.3 Å². The quantitative estimate of drug-likeness (QED) is 0.836. The van der Waals surface area contributed by atoms with Crippen molar-refractivity contribution in [2.75, 3.05) is 20.3 Å². The minimum atomic E-state index is -3.75. The van der Waals surface area contributed by atoms with Crippen LogP contribution in [0.1, 0.15) is 11.5 Å². The second-order valence-corrected chi connectivity index (χ2v) is 5.22. The van der Waals surface area contributed by atoms with Crippen LogP contribution in [0.2, 0.25) is 0 Å². The molecule has 5 nitrogen and oxygen atoms in total. The molecule has 0 spiro atoms. The van der Waals surface area contributed by atoms with Crippen LogP contribution in [0.15, 0.2) is 23.1 Å². The van der Waals surface area contributed by atoms with Gasteiger partial charge in [-0.15, -0.1) is 0 Å². The van der Waals surface area contributed by atoms with Crippen LogP contribution in [-0.2, 0) is 14.8 Å². The molecular weight excluding hydrogens is 230 g/mol. The molecule has 0 radical (unpaired) electrons. The Morgan fingerprint density at radius 3 is 2.56 bits per heavy atom. The van der Waals surface area contributed by atoms with E-state index < -0.39 is 10.0 Å². The van der Waals surface area contributed by atoms with Crippen molar-refractivity contribution in [3.05, 3.63) is 23.8 Å². The minimum Gasteiger partial charge on any atom is -0.495 e. The highest BCUT2D eigenvalue weighted by molar-refractivity contribution is 7.89. The highest BCUT2D eigenvalue weighted by atomic mass is 32.2.